The summed E-state index contributed by atoms with van der Waals surface area (Å²) in [5.74, 6) is -0.296. The van der Waals surface area contributed by atoms with Gasteiger partial charge in [0.05, 0.1) is 9.93 Å². The van der Waals surface area contributed by atoms with Gasteiger partial charge < -0.3 is 4.74 Å². The maximum Gasteiger partial charge on any atom is 0.240 e. The fraction of sp³-hybridized carbons (Fsp3) is 0.235. The highest BCUT2D eigenvalue weighted by Gasteiger charge is 2.25. The molecule has 0 aliphatic carbocycles. The molecule has 1 aromatic carbocycles. The van der Waals surface area contributed by atoms with Gasteiger partial charge in [-0.3, -0.25) is 4.98 Å². The molecule has 2 heterocycles. The number of pyridine rings is 1. The quantitative estimate of drug-likeness (QED) is 0.861. The number of hydrogen-bond acceptors (Lipinski definition) is 4. The first-order valence-corrected chi connectivity index (χ1v) is 9.45. The SMILES string of the molecule is CC(CNS(=O)(=O)C1=Cc2cc(F)cc(Cl)c2OC1)c1ccncc1. The zero-order valence-corrected chi connectivity index (χ0v) is 14.9. The Hall–Kier alpha value is -1.96. The molecule has 25 heavy (non-hydrogen) atoms. The second kappa shape index (κ2) is 7.11. The van der Waals surface area contributed by atoms with Crippen molar-refractivity contribution in [3.63, 3.8) is 0 Å². The summed E-state index contributed by atoms with van der Waals surface area (Å²) in [6, 6.07) is 5.99. The Labute approximate surface area is 150 Å². The minimum Gasteiger partial charge on any atom is -0.486 e. The molecular weight excluding hydrogens is 367 g/mol. The molecule has 1 atom stereocenters. The number of aromatic nitrogens is 1. The number of rotatable bonds is 5. The van der Waals surface area contributed by atoms with Crippen molar-refractivity contribution < 1.29 is 17.5 Å². The molecule has 0 saturated heterocycles. The van der Waals surface area contributed by atoms with E-state index in [2.05, 4.69) is 9.71 Å². The number of hydrogen-bond donors (Lipinski definition) is 1. The van der Waals surface area contributed by atoms with Crippen LogP contribution in [-0.2, 0) is 10.0 Å². The highest BCUT2D eigenvalue weighted by atomic mass is 35.5. The van der Waals surface area contributed by atoms with Gasteiger partial charge in [-0.2, -0.15) is 0 Å². The third-order valence-electron chi connectivity index (χ3n) is 3.91. The van der Waals surface area contributed by atoms with Crippen LogP contribution in [0.3, 0.4) is 0 Å². The van der Waals surface area contributed by atoms with E-state index < -0.39 is 15.8 Å². The van der Waals surface area contributed by atoms with E-state index in [1.54, 1.807) is 12.4 Å². The monoisotopic (exact) mass is 382 g/mol. The first-order chi connectivity index (χ1) is 11.9. The fourth-order valence-corrected chi connectivity index (χ4v) is 3.91. The molecule has 1 aromatic heterocycles. The van der Waals surface area contributed by atoms with Crippen molar-refractivity contribution in [1.82, 2.24) is 9.71 Å². The minimum absolute atomic E-state index is 0.0259. The number of sulfonamides is 1. The van der Waals surface area contributed by atoms with E-state index >= 15 is 0 Å². The minimum atomic E-state index is -3.75. The lowest BCUT2D eigenvalue weighted by atomic mass is 10.0. The predicted molar refractivity (Wildman–Crippen MR) is 94.5 cm³/mol. The zero-order chi connectivity index (χ0) is 18.0. The van der Waals surface area contributed by atoms with E-state index in [0.717, 1.165) is 11.6 Å². The number of nitrogens with one attached hydrogen (secondary N) is 1. The number of benzene rings is 1. The Morgan fingerprint density at radius 1 is 1.36 bits per heavy atom. The maximum atomic E-state index is 13.5. The van der Waals surface area contributed by atoms with Crippen LogP contribution in [0.4, 0.5) is 4.39 Å². The van der Waals surface area contributed by atoms with E-state index in [9.17, 15) is 12.8 Å². The fourth-order valence-electron chi connectivity index (χ4n) is 2.49. The highest BCUT2D eigenvalue weighted by molar-refractivity contribution is 7.93. The largest absolute Gasteiger partial charge is 0.486 e. The van der Waals surface area contributed by atoms with E-state index in [0.29, 0.717) is 5.56 Å². The summed E-state index contributed by atoms with van der Waals surface area (Å²) >= 11 is 5.92. The second-order valence-corrected chi connectivity index (χ2v) is 7.97. The molecule has 0 spiro atoms. The molecular formula is C17H16ClFN2O3S. The molecule has 1 aliphatic heterocycles. The van der Waals surface area contributed by atoms with Crippen molar-refractivity contribution in [3.05, 3.63) is 63.5 Å². The average Bonchev–Trinajstić information content (AvgIpc) is 2.60. The van der Waals surface area contributed by atoms with Crippen LogP contribution in [0.1, 0.15) is 24.0 Å². The first-order valence-electron chi connectivity index (χ1n) is 7.59. The predicted octanol–water partition coefficient (Wildman–Crippen LogP) is 3.33. The lowest BCUT2D eigenvalue weighted by Gasteiger charge is -2.20. The van der Waals surface area contributed by atoms with Crippen LogP contribution in [0.2, 0.25) is 5.02 Å². The summed E-state index contributed by atoms with van der Waals surface area (Å²) in [6.45, 7) is 1.98. The molecule has 8 heteroatoms. The Morgan fingerprint density at radius 2 is 2.08 bits per heavy atom. The topological polar surface area (TPSA) is 68.3 Å². The molecule has 3 rings (SSSR count). The van der Waals surface area contributed by atoms with E-state index in [-0.39, 0.29) is 34.7 Å². The van der Waals surface area contributed by atoms with Crippen LogP contribution in [-0.4, -0.2) is 26.6 Å². The number of ether oxygens (including phenoxy) is 1. The van der Waals surface area contributed by atoms with Crippen LogP contribution >= 0.6 is 11.6 Å². The Balaban J connectivity index is 1.77. The van der Waals surface area contributed by atoms with E-state index in [1.165, 1.54) is 12.1 Å². The molecule has 0 amide bonds. The average molecular weight is 383 g/mol. The van der Waals surface area contributed by atoms with Gasteiger partial charge in [0.1, 0.15) is 18.2 Å². The standard InChI is InChI=1S/C17H16ClFN2O3S/c1-11(12-2-4-20-5-3-12)9-21-25(22,23)15-7-13-6-14(19)8-16(18)17(13)24-10-15/h2-8,11,21H,9-10H2,1H3. The van der Waals surface area contributed by atoms with Gasteiger partial charge in [0.15, 0.2) is 0 Å². The van der Waals surface area contributed by atoms with Crippen molar-refractivity contribution >= 4 is 27.7 Å². The van der Waals surface area contributed by atoms with E-state index in [4.69, 9.17) is 16.3 Å². The molecule has 0 fully saturated rings. The molecule has 1 unspecified atom stereocenters. The van der Waals surface area contributed by atoms with Gasteiger partial charge in [-0.25, -0.2) is 17.5 Å². The van der Waals surface area contributed by atoms with Crippen LogP contribution in [0, 0.1) is 5.82 Å². The molecule has 5 nitrogen and oxygen atoms in total. The lowest BCUT2D eigenvalue weighted by Crippen LogP contribution is -2.31. The highest BCUT2D eigenvalue weighted by Crippen LogP contribution is 2.35. The summed E-state index contributed by atoms with van der Waals surface area (Å²) in [5.41, 5.74) is 1.28. The number of halogens is 2. The molecule has 0 bridgehead atoms. The second-order valence-electron chi connectivity index (χ2n) is 5.74. The summed E-state index contributed by atoms with van der Waals surface area (Å²) < 4.78 is 46.5. The Kier molecular flexibility index (Phi) is 5.08. The van der Waals surface area contributed by atoms with Crippen molar-refractivity contribution in [2.75, 3.05) is 13.2 Å². The normalized spacial score (nSPS) is 15.1. The van der Waals surface area contributed by atoms with Crippen LogP contribution in [0.15, 0.2) is 41.6 Å². The molecule has 0 saturated carbocycles. The molecule has 1 N–H and O–H groups in total. The van der Waals surface area contributed by atoms with Gasteiger partial charge in [-0.05, 0) is 41.8 Å². The molecule has 1 aliphatic rings. The summed E-state index contributed by atoms with van der Waals surface area (Å²) in [6.07, 6.45) is 4.70. The first kappa shape index (κ1) is 17.8. The molecule has 2 aromatic rings. The van der Waals surface area contributed by atoms with Gasteiger partial charge in [-0.1, -0.05) is 18.5 Å². The van der Waals surface area contributed by atoms with Crippen LogP contribution in [0.25, 0.3) is 6.08 Å². The summed E-state index contributed by atoms with van der Waals surface area (Å²) in [4.78, 5) is 3.97. The third kappa shape index (κ3) is 4.00. The molecule has 0 radical (unpaired) electrons. The molecule has 132 valence electrons. The van der Waals surface area contributed by atoms with E-state index in [1.807, 2.05) is 19.1 Å². The summed E-state index contributed by atoms with van der Waals surface area (Å²) in [7, 11) is -3.75. The van der Waals surface area contributed by atoms with Crippen molar-refractivity contribution in [1.29, 1.82) is 0 Å². The smallest absolute Gasteiger partial charge is 0.240 e. The Bertz CT molecular complexity index is 917. The maximum absolute atomic E-state index is 13.5. The van der Waals surface area contributed by atoms with Crippen molar-refractivity contribution in [3.8, 4) is 5.75 Å². The summed E-state index contributed by atoms with van der Waals surface area (Å²) in [5, 5.41) is 0.113. The number of fused-ring (bicyclic) bond motifs is 1. The van der Waals surface area contributed by atoms with Crippen LogP contribution in [0.5, 0.6) is 5.75 Å². The third-order valence-corrected chi connectivity index (χ3v) is 5.67. The number of nitrogens with zero attached hydrogens (tertiary/aromatic N) is 1. The van der Waals surface area contributed by atoms with Gasteiger partial charge in [0, 0.05) is 24.5 Å². The lowest BCUT2D eigenvalue weighted by molar-refractivity contribution is 0.352. The van der Waals surface area contributed by atoms with Gasteiger partial charge in [-0.15, -0.1) is 0 Å². The zero-order valence-electron chi connectivity index (χ0n) is 13.4. The Morgan fingerprint density at radius 3 is 2.80 bits per heavy atom. The van der Waals surface area contributed by atoms with Crippen molar-refractivity contribution in [2.45, 2.75) is 12.8 Å². The van der Waals surface area contributed by atoms with Gasteiger partial charge in [0.25, 0.3) is 0 Å². The van der Waals surface area contributed by atoms with Crippen molar-refractivity contribution in [2.24, 2.45) is 0 Å². The van der Waals surface area contributed by atoms with Gasteiger partial charge in [0.2, 0.25) is 10.0 Å². The van der Waals surface area contributed by atoms with Crippen LogP contribution < -0.4 is 9.46 Å². The van der Waals surface area contributed by atoms with Gasteiger partial charge >= 0.3 is 0 Å².